The first-order chi connectivity index (χ1) is 16.8. The summed E-state index contributed by atoms with van der Waals surface area (Å²) < 4.78 is 6.76. The third-order valence-electron chi connectivity index (χ3n) is 5.55. The van der Waals surface area contributed by atoms with Crippen molar-refractivity contribution in [2.24, 2.45) is 5.92 Å². The number of hydrogen-bond acceptors (Lipinski definition) is 3. The molecule has 1 atom stereocenters. The van der Waals surface area contributed by atoms with Crippen LogP contribution in [0.5, 0.6) is 5.75 Å². The van der Waals surface area contributed by atoms with Gasteiger partial charge >= 0.3 is 0 Å². The zero-order valence-corrected chi connectivity index (χ0v) is 22.1. The quantitative estimate of drug-likeness (QED) is 0.349. The molecule has 0 radical (unpaired) electrons. The van der Waals surface area contributed by atoms with Crippen molar-refractivity contribution >= 4 is 27.7 Å². The van der Waals surface area contributed by atoms with Gasteiger partial charge in [-0.25, -0.2) is 0 Å². The SMILES string of the molecule is Cc1cccc(OCC(=O)N(Cc2cccc(Br)c2)[C@@H](Cc2ccccc2)C(=O)NCC(C)C)c1. The molecule has 0 aliphatic rings. The molecular formula is C29H33BrN2O3. The maximum atomic E-state index is 13.6. The van der Waals surface area contributed by atoms with Crippen LogP contribution in [0.25, 0.3) is 0 Å². The molecular weight excluding hydrogens is 504 g/mol. The highest BCUT2D eigenvalue weighted by atomic mass is 79.9. The summed E-state index contributed by atoms with van der Waals surface area (Å²) in [6.45, 7) is 6.76. The average molecular weight is 537 g/mol. The van der Waals surface area contributed by atoms with Gasteiger partial charge in [0.15, 0.2) is 6.61 Å². The largest absolute Gasteiger partial charge is 0.484 e. The number of aryl methyl sites for hydroxylation is 1. The van der Waals surface area contributed by atoms with E-state index in [9.17, 15) is 9.59 Å². The summed E-state index contributed by atoms with van der Waals surface area (Å²) in [5.41, 5.74) is 2.97. The van der Waals surface area contributed by atoms with Crippen LogP contribution in [0.1, 0.15) is 30.5 Å². The molecule has 0 aliphatic carbocycles. The first-order valence-electron chi connectivity index (χ1n) is 11.9. The van der Waals surface area contributed by atoms with Crippen LogP contribution in [0.15, 0.2) is 83.3 Å². The van der Waals surface area contributed by atoms with Gasteiger partial charge in [-0.1, -0.05) is 84.4 Å². The van der Waals surface area contributed by atoms with Crippen molar-refractivity contribution in [3.63, 3.8) is 0 Å². The van der Waals surface area contributed by atoms with Crippen molar-refractivity contribution in [2.45, 2.75) is 39.8 Å². The van der Waals surface area contributed by atoms with Gasteiger partial charge in [0.25, 0.3) is 5.91 Å². The van der Waals surface area contributed by atoms with Crippen molar-refractivity contribution in [3.05, 3.63) is 100 Å². The lowest BCUT2D eigenvalue weighted by Gasteiger charge is -2.31. The molecule has 184 valence electrons. The van der Waals surface area contributed by atoms with Gasteiger partial charge in [-0.15, -0.1) is 0 Å². The smallest absolute Gasteiger partial charge is 0.261 e. The predicted octanol–water partition coefficient (Wildman–Crippen LogP) is 5.55. The number of benzene rings is 3. The third kappa shape index (κ3) is 8.55. The Morgan fingerprint density at radius 3 is 2.34 bits per heavy atom. The molecule has 0 fully saturated rings. The lowest BCUT2D eigenvalue weighted by Crippen LogP contribution is -2.52. The van der Waals surface area contributed by atoms with Gasteiger partial charge in [0.2, 0.25) is 5.91 Å². The second-order valence-corrected chi connectivity index (χ2v) is 10.0. The van der Waals surface area contributed by atoms with Crippen LogP contribution in [-0.4, -0.2) is 35.9 Å². The van der Waals surface area contributed by atoms with Crippen LogP contribution < -0.4 is 10.1 Å². The Bertz CT molecular complexity index is 1120. The molecule has 0 aromatic heterocycles. The Balaban J connectivity index is 1.90. The first kappa shape index (κ1) is 26.5. The summed E-state index contributed by atoms with van der Waals surface area (Å²) in [5, 5.41) is 3.03. The molecule has 0 spiro atoms. The molecule has 0 bridgehead atoms. The van der Waals surface area contributed by atoms with E-state index in [1.807, 2.05) is 99.6 Å². The fraction of sp³-hybridized carbons (Fsp3) is 0.310. The van der Waals surface area contributed by atoms with Crippen LogP contribution in [0.4, 0.5) is 0 Å². The maximum absolute atomic E-state index is 13.6. The van der Waals surface area contributed by atoms with E-state index in [4.69, 9.17) is 4.74 Å². The Kier molecular flexibility index (Phi) is 9.91. The molecule has 5 nitrogen and oxygen atoms in total. The predicted molar refractivity (Wildman–Crippen MR) is 143 cm³/mol. The Morgan fingerprint density at radius 2 is 1.66 bits per heavy atom. The lowest BCUT2D eigenvalue weighted by atomic mass is 10.0. The fourth-order valence-corrected chi connectivity index (χ4v) is 4.19. The average Bonchev–Trinajstić information content (AvgIpc) is 2.84. The van der Waals surface area contributed by atoms with Crippen molar-refractivity contribution in [1.82, 2.24) is 10.2 Å². The van der Waals surface area contributed by atoms with Crippen molar-refractivity contribution in [3.8, 4) is 5.75 Å². The molecule has 3 rings (SSSR count). The highest BCUT2D eigenvalue weighted by Gasteiger charge is 2.30. The molecule has 0 heterocycles. The summed E-state index contributed by atoms with van der Waals surface area (Å²) in [6, 6.07) is 24.5. The van der Waals surface area contributed by atoms with Crippen LogP contribution in [-0.2, 0) is 22.6 Å². The first-order valence-corrected chi connectivity index (χ1v) is 12.7. The third-order valence-corrected chi connectivity index (χ3v) is 6.04. The summed E-state index contributed by atoms with van der Waals surface area (Å²) in [4.78, 5) is 28.6. The van der Waals surface area contributed by atoms with Crippen molar-refractivity contribution in [2.75, 3.05) is 13.2 Å². The van der Waals surface area contributed by atoms with E-state index < -0.39 is 6.04 Å². The standard InChI is InChI=1S/C29H33BrN2O3/c1-21(2)18-31-29(34)27(17-23-10-5-4-6-11-23)32(19-24-12-8-13-25(30)16-24)28(33)20-35-26-14-7-9-22(3)15-26/h4-16,21,27H,17-20H2,1-3H3,(H,31,34)/t27-/m0/s1. The fourth-order valence-electron chi connectivity index (χ4n) is 3.74. The number of nitrogens with one attached hydrogen (secondary N) is 1. The monoisotopic (exact) mass is 536 g/mol. The number of carbonyl (C=O) groups is 2. The van der Waals surface area contributed by atoms with Gasteiger partial charge in [-0.05, 0) is 53.8 Å². The maximum Gasteiger partial charge on any atom is 0.261 e. The molecule has 0 aliphatic heterocycles. The lowest BCUT2D eigenvalue weighted by molar-refractivity contribution is -0.142. The highest BCUT2D eigenvalue weighted by Crippen LogP contribution is 2.19. The van der Waals surface area contributed by atoms with Gasteiger partial charge in [-0.2, -0.15) is 0 Å². The Hall–Kier alpha value is -3.12. The minimum atomic E-state index is -0.677. The molecule has 3 aromatic rings. The van der Waals surface area contributed by atoms with E-state index in [1.54, 1.807) is 4.90 Å². The van der Waals surface area contributed by atoms with E-state index in [0.717, 1.165) is 21.2 Å². The number of rotatable bonds is 11. The van der Waals surface area contributed by atoms with Crippen molar-refractivity contribution in [1.29, 1.82) is 0 Å². The Labute approximate surface area is 216 Å². The molecule has 0 saturated carbocycles. The van der Waals surface area contributed by atoms with E-state index >= 15 is 0 Å². The molecule has 6 heteroatoms. The van der Waals surface area contributed by atoms with Gasteiger partial charge in [0.1, 0.15) is 11.8 Å². The van der Waals surface area contributed by atoms with Gasteiger partial charge in [0, 0.05) is 24.0 Å². The van der Waals surface area contributed by atoms with Gasteiger partial charge in [0.05, 0.1) is 0 Å². The van der Waals surface area contributed by atoms with Crippen LogP contribution >= 0.6 is 15.9 Å². The summed E-state index contributed by atoms with van der Waals surface area (Å²) in [5.74, 6) is 0.522. The topological polar surface area (TPSA) is 58.6 Å². The summed E-state index contributed by atoms with van der Waals surface area (Å²) >= 11 is 3.51. The molecule has 3 aromatic carbocycles. The minimum absolute atomic E-state index is 0.153. The second kappa shape index (κ2) is 13.1. The zero-order chi connectivity index (χ0) is 25.2. The zero-order valence-electron chi connectivity index (χ0n) is 20.5. The molecule has 0 saturated heterocycles. The number of hydrogen-bond donors (Lipinski definition) is 1. The van der Waals surface area contributed by atoms with Gasteiger partial charge < -0.3 is 15.0 Å². The van der Waals surface area contributed by atoms with Crippen LogP contribution in [0.3, 0.4) is 0 Å². The van der Waals surface area contributed by atoms with E-state index in [0.29, 0.717) is 31.2 Å². The number of ether oxygens (including phenoxy) is 1. The summed E-state index contributed by atoms with van der Waals surface area (Å²) in [6.07, 6.45) is 0.412. The van der Waals surface area contributed by atoms with E-state index in [1.165, 1.54) is 0 Å². The van der Waals surface area contributed by atoms with Crippen LogP contribution in [0, 0.1) is 12.8 Å². The van der Waals surface area contributed by atoms with Crippen molar-refractivity contribution < 1.29 is 14.3 Å². The number of nitrogens with zero attached hydrogens (tertiary/aromatic N) is 1. The molecule has 35 heavy (non-hydrogen) atoms. The second-order valence-electron chi connectivity index (χ2n) is 9.10. The van der Waals surface area contributed by atoms with Gasteiger partial charge in [-0.3, -0.25) is 9.59 Å². The number of halogens is 1. The van der Waals surface area contributed by atoms with E-state index in [2.05, 4.69) is 21.2 Å². The highest BCUT2D eigenvalue weighted by molar-refractivity contribution is 9.10. The molecule has 1 N–H and O–H groups in total. The number of amides is 2. The number of carbonyl (C=O) groups excluding carboxylic acids is 2. The summed E-state index contributed by atoms with van der Waals surface area (Å²) in [7, 11) is 0. The normalized spacial score (nSPS) is 11.7. The minimum Gasteiger partial charge on any atom is -0.484 e. The van der Waals surface area contributed by atoms with E-state index in [-0.39, 0.29) is 18.4 Å². The molecule has 0 unspecified atom stereocenters. The van der Waals surface area contributed by atoms with Crippen LogP contribution in [0.2, 0.25) is 0 Å². The molecule has 2 amide bonds. The Morgan fingerprint density at radius 1 is 0.943 bits per heavy atom.